The van der Waals surface area contributed by atoms with Crippen LogP contribution in [0.25, 0.3) is 10.9 Å². The molecule has 1 aromatic heterocycles. The molecule has 0 aliphatic carbocycles. The molecule has 3 nitrogen and oxygen atoms in total. The lowest BCUT2D eigenvalue weighted by molar-refractivity contribution is 0.194. The number of ether oxygens (including phenoxy) is 1. The van der Waals surface area contributed by atoms with Gasteiger partial charge in [0.05, 0.1) is 13.2 Å². The van der Waals surface area contributed by atoms with Gasteiger partial charge in [-0.05, 0) is 25.5 Å². The summed E-state index contributed by atoms with van der Waals surface area (Å²) in [6, 6.07) is 3.86. The molecule has 1 aromatic carbocycles. The number of aliphatic hydroxyl groups is 1. The van der Waals surface area contributed by atoms with Crippen molar-refractivity contribution in [1.29, 1.82) is 0 Å². The van der Waals surface area contributed by atoms with Gasteiger partial charge < -0.3 is 14.8 Å². The minimum atomic E-state index is -0.515. The first kappa shape index (κ1) is 10.1. The maximum absolute atomic E-state index is 9.63. The summed E-state index contributed by atoms with van der Waals surface area (Å²) in [6.45, 7) is 3.76. The van der Waals surface area contributed by atoms with Crippen LogP contribution >= 0.6 is 0 Å². The van der Waals surface area contributed by atoms with Crippen molar-refractivity contribution in [2.45, 2.75) is 20.0 Å². The second-order valence-corrected chi connectivity index (χ2v) is 3.76. The predicted octanol–water partition coefficient (Wildman–Crippen LogP) is 2.54. The maximum atomic E-state index is 9.63. The maximum Gasteiger partial charge on any atom is 0.134 e. The van der Waals surface area contributed by atoms with Crippen LogP contribution in [-0.4, -0.2) is 17.2 Å². The second-order valence-electron chi connectivity index (χ2n) is 3.76. The Morgan fingerprint density at radius 3 is 2.73 bits per heavy atom. The van der Waals surface area contributed by atoms with Crippen molar-refractivity contribution in [3.8, 4) is 5.75 Å². The third-order valence-electron chi connectivity index (χ3n) is 2.68. The highest BCUT2D eigenvalue weighted by Gasteiger charge is 2.14. The van der Waals surface area contributed by atoms with Gasteiger partial charge in [0.1, 0.15) is 5.75 Å². The Balaban J connectivity index is 2.79. The Bertz CT molecular complexity index is 486. The quantitative estimate of drug-likeness (QED) is 0.791. The van der Waals surface area contributed by atoms with Crippen molar-refractivity contribution in [2.24, 2.45) is 0 Å². The van der Waals surface area contributed by atoms with Crippen LogP contribution in [-0.2, 0) is 0 Å². The van der Waals surface area contributed by atoms with Crippen LogP contribution in [0.2, 0.25) is 0 Å². The van der Waals surface area contributed by atoms with Crippen LogP contribution in [0.15, 0.2) is 18.3 Å². The second kappa shape index (κ2) is 3.59. The highest BCUT2D eigenvalue weighted by atomic mass is 16.5. The first-order valence-corrected chi connectivity index (χ1v) is 4.97. The molecular weight excluding hydrogens is 190 g/mol. The summed E-state index contributed by atoms with van der Waals surface area (Å²) in [6.07, 6.45) is 1.43. The third-order valence-corrected chi connectivity index (χ3v) is 2.68. The van der Waals surface area contributed by atoms with Crippen LogP contribution in [0.4, 0.5) is 0 Å². The number of hydrogen-bond acceptors (Lipinski definition) is 2. The van der Waals surface area contributed by atoms with E-state index < -0.39 is 6.10 Å². The van der Waals surface area contributed by atoms with Crippen molar-refractivity contribution in [1.82, 2.24) is 4.98 Å². The number of H-pyrrole nitrogens is 1. The van der Waals surface area contributed by atoms with Crippen LogP contribution < -0.4 is 4.74 Å². The van der Waals surface area contributed by atoms with E-state index in [1.165, 1.54) is 0 Å². The number of aromatic nitrogens is 1. The summed E-state index contributed by atoms with van der Waals surface area (Å²) < 4.78 is 5.38. The molecule has 1 heterocycles. The van der Waals surface area contributed by atoms with Gasteiger partial charge in [-0.15, -0.1) is 0 Å². The number of hydrogen-bond donors (Lipinski definition) is 2. The number of fused-ring (bicyclic) bond motifs is 1. The van der Waals surface area contributed by atoms with Crippen molar-refractivity contribution in [3.63, 3.8) is 0 Å². The lowest BCUT2D eigenvalue weighted by atomic mass is 10.0. The summed E-state index contributed by atoms with van der Waals surface area (Å²) in [5.74, 6) is 0.765. The van der Waals surface area contributed by atoms with Crippen molar-refractivity contribution in [2.75, 3.05) is 7.11 Å². The third kappa shape index (κ3) is 1.49. The van der Waals surface area contributed by atoms with Gasteiger partial charge in [0.15, 0.2) is 0 Å². The SMILES string of the molecule is COc1c(C(C)O)ccc2[nH]cc(C)c12. The first-order chi connectivity index (χ1) is 7.15. The van der Waals surface area contributed by atoms with E-state index in [1.807, 2.05) is 25.3 Å². The van der Waals surface area contributed by atoms with Gasteiger partial charge in [-0.1, -0.05) is 6.07 Å². The monoisotopic (exact) mass is 205 g/mol. The Kier molecular flexibility index (Phi) is 2.40. The molecule has 0 amide bonds. The van der Waals surface area contributed by atoms with Gasteiger partial charge in [0.25, 0.3) is 0 Å². The number of methoxy groups -OCH3 is 1. The number of nitrogens with one attached hydrogen (secondary N) is 1. The van der Waals surface area contributed by atoms with Gasteiger partial charge >= 0.3 is 0 Å². The Hall–Kier alpha value is -1.48. The molecule has 1 unspecified atom stereocenters. The largest absolute Gasteiger partial charge is 0.496 e. The molecule has 3 heteroatoms. The Morgan fingerprint density at radius 1 is 1.40 bits per heavy atom. The molecule has 80 valence electrons. The molecule has 0 aliphatic heterocycles. The molecule has 2 aromatic rings. The normalized spacial score (nSPS) is 13.1. The van der Waals surface area contributed by atoms with Crippen molar-refractivity contribution in [3.05, 3.63) is 29.5 Å². The summed E-state index contributed by atoms with van der Waals surface area (Å²) in [4.78, 5) is 3.17. The average Bonchev–Trinajstić information content (AvgIpc) is 2.59. The number of rotatable bonds is 2. The standard InChI is InChI=1S/C12H15NO2/c1-7-6-13-10-5-4-9(8(2)14)12(15-3)11(7)10/h4-6,8,13-14H,1-3H3. The highest BCUT2D eigenvalue weighted by molar-refractivity contribution is 5.90. The lowest BCUT2D eigenvalue weighted by Crippen LogP contribution is -1.97. The number of aliphatic hydroxyl groups excluding tert-OH is 1. The highest BCUT2D eigenvalue weighted by Crippen LogP contribution is 2.34. The molecule has 0 aliphatic rings. The smallest absolute Gasteiger partial charge is 0.134 e. The molecule has 0 radical (unpaired) electrons. The van der Waals surface area contributed by atoms with Crippen LogP contribution in [0.1, 0.15) is 24.2 Å². The van der Waals surface area contributed by atoms with Crippen LogP contribution in [0.5, 0.6) is 5.75 Å². The molecule has 2 N–H and O–H groups in total. The Labute approximate surface area is 88.7 Å². The van der Waals surface area contributed by atoms with E-state index >= 15 is 0 Å². The zero-order valence-corrected chi connectivity index (χ0v) is 9.16. The fourth-order valence-electron chi connectivity index (χ4n) is 1.92. The summed E-state index contributed by atoms with van der Waals surface area (Å²) in [5, 5.41) is 10.7. The fraction of sp³-hybridized carbons (Fsp3) is 0.333. The van der Waals surface area contributed by atoms with Crippen LogP contribution in [0, 0.1) is 6.92 Å². The van der Waals surface area contributed by atoms with Gasteiger partial charge in [-0.3, -0.25) is 0 Å². The van der Waals surface area contributed by atoms with E-state index in [9.17, 15) is 5.11 Å². The van der Waals surface area contributed by atoms with E-state index in [0.29, 0.717) is 0 Å². The van der Waals surface area contributed by atoms with Crippen molar-refractivity contribution < 1.29 is 9.84 Å². The van der Waals surface area contributed by atoms with Gasteiger partial charge in [0, 0.05) is 22.7 Å². The molecule has 1 atom stereocenters. The molecular formula is C12H15NO2. The molecule has 0 saturated carbocycles. The van der Waals surface area contributed by atoms with E-state index in [0.717, 1.165) is 27.8 Å². The van der Waals surface area contributed by atoms with Gasteiger partial charge in [0.2, 0.25) is 0 Å². The first-order valence-electron chi connectivity index (χ1n) is 4.97. The average molecular weight is 205 g/mol. The summed E-state index contributed by atoms with van der Waals surface area (Å²) >= 11 is 0. The number of benzene rings is 1. The minimum Gasteiger partial charge on any atom is -0.496 e. The molecule has 0 spiro atoms. The lowest BCUT2D eigenvalue weighted by Gasteiger charge is -2.12. The van der Waals surface area contributed by atoms with E-state index in [2.05, 4.69) is 4.98 Å². The van der Waals surface area contributed by atoms with E-state index in [4.69, 9.17) is 4.74 Å². The van der Waals surface area contributed by atoms with Gasteiger partial charge in [-0.2, -0.15) is 0 Å². The Morgan fingerprint density at radius 2 is 2.13 bits per heavy atom. The predicted molar refractivity (Wildman–Crippen MR) is 60.2 cm³/mol. The van der Waals surface area contributed by atoms with E-state index in [1.54, 1.807) is 14.0 Å². The van der Waals surface area contributed by atoms with Crippen LogP contribution in [0.3, 0.4) is 0 Å². The molecule has 2 rings (SSSR count). The molecule has 15 heavy (non-hydrogen) atoms. The molecule has 0 saturated heterocycles. The summed E-state index contributed by atoms with van der Waals surface area (Å²) in [5.41, 5.74) is 2.99. The fourth-order valence-corrected chi connectivity index (χ4v) is 1.92. The zero-order valence-electron chi connectivity index (χ0n) is 9.16. The van der Waals surface area contributed by atoms with E-state index in [-0.39, 0.29) is 0 Å². The van der Waals surface area contributed by atoms with Gasteiger partial charge in [-0.25, -0.2) is 0 Å². The summed E-state index contributed by atoms with van der Waals surface area (Å²) in [7, 11) is 1.63. The number of aromatic amines is 1. The topological polar surface area (TPSA) is 45.2 Å². The molecule has 0 fully saturated rings. The zero-order chi connectivity index (χ0) is 11.0. The molecule has 0 bridgehead atoms. The number of aryl methyl sites for hydroxylation is 1. The van der Waals surface area contributed by atoms with Crippen molar-refractivity contribution >= 4 is 10.9 Å². The minimum absolute atomic E-state index is 0.515.